The van der Waals surface area contributed by atoms with Gasteiger partial charge in [-0.15, -0.1) is 0 Å². The van der Waals surface area contributed by atoms with Gasteiger partial charge in [0, 0.05) is 13.7 Å². The Morgan fingerprint density at radius 2 is 2.45 bits per heavy atom. The molecule has 0 radical (unpaired) electrons. The SMILES string of the molecule is CCN1CCOCC1COC. The van der Waals surface area contributed by atoms with Crippen LogP contribution in [-0.4, -0.2) is 51.0 Å². The van der Waals surface area contributed by atoms with E-state index in [1.54, 1.807) is 7.11 Å². The standard InChI is InChI=1S/C8H17NO2/c1-3-9-4-5-11-7-8(9)6-10-2/h8H,3-7H2,1-2H3. The first-order valence-corrected chi connectivity index (χ1v) is 4.19. The number of hydrogen-bond acceptors (Lipinski definition) is 3. The van der Waals surface area contributed by atoms with Crippen molar-refractivity contribution in [2.24, 2.45) is 0 Å². The van der Waals surface area contributed by atoms with Crippen LogP contribution in [0.2, 0.25) is 0 Å². The molecular formula is C8H17NO2. The lowest BCUT2D eigenvalue weighted by molar-refractivity contribution is -0.0326. The van der Waals surface area contributed by atoms with Crippen molar-refractivity contribution in [3.63, 3.8) is 0 Å². The molecule has 1 saturated heterocycles. The van der Waals surface area contributed by atoms with Crippen LogP contribution in [0.1, 0.15) is 6.92 Å². The summed E-state index contributed by atoms with van der Waals surface area (Å²) in [6.07, 6.45) is 0. The summed E-state index contributed by atoms with van der Waals surface area (Å²) in [5.74, 6) is 0. The molecule has 0 aromatic carbocycles. The van der Waals surface area contributed by atoms with Crippen LogP contribution in [0.15, 0.2) is 0 Å². The van der Waals surface area contributed by atoms with Crippen LogP contribution in [0.4, 0.5) is 0 Å². The van der Waals surface area contributed by atoms with Crippen molar-refractivity contribution in [3.8, 4) is 0 Å². The predicted octanol–water partition coefficient (Wildman–Crippen LogP) is 0.353. The van der Waals surface area contributed by atoms with Crippen LogP contribution < -0.4 is 0 Å². The smallest absolute Gasteiger partial charge is 0.0644 e. The van der Waals surface area contributed by atoms with Gasteiger partial charge < -0.3 is 9.47 Å². The van der Waals surface area contributed by atoms with E-state index in [0.717, 1.165) is 32.9 Å². The molecule has 1 heterocycles. The zero-order valence-electron chi connectivity index (χ0n) is 7.38. The van der Waals surface area contributed by atoms with Gasteiger partial charge >= 0.3 is 0 Å². The summed E-state index contributed by atoms with van der Waals surface area (Å²) >= 11 is 0. The van der Waals surface area contributed by atoms with Crippen LogP contribution in [0.5, 0.6) is 0 Å². The van der Waals surface area contributed by atoms with Gasteiger partial charge in [-0.05, 0) is 6.54 Å². The molecule has 1 atom stereocenters. The van der Waals surface area contributed by atoms with Crippen molar-refractivity contribution in [1.82, 2.24) is 4.90 Å². The minimum Gasteiger partial charge on any atom is -0.383 e. The minimum atomic E-state index is 0.471. The topological polar surface area (TPSA) is 21.7 Å². The molecule has 1 aliphatic heterocycles. The molecule has 0 N–H and O–H groups in total. The normalized spacial score (nSPS) is 27.3. The molecule has 1 aliphatic rings. The highest BCUT2D eigenvalue weighted by atomic mass is 16.5. The Bertz CT molecular complexity index is 106. The van der Waals surface area contributed by atoms with Crippen LogP contribution >= 0.6 is 0 Å². The first kappa shape index (κ1) is 8.97. The Kier molecular flexibility index (Phi) is 3.83. The van der Waals surface area contributed by atoms with E-state index in [9.17, 15) is 0 Å². The summed E-state index contributed by atoms with van der Waals surface area (Å²) in [6.45, 7) is 6.79. The van der Waals surface area contributed by atoms with Crippen LogP contribution in [-0.2, 0) is 9.47 Å². The molecule has 0 aromatic rings. The van der Waals surface area contributed by atoms with Crippen molar-refractivity contribution in [3.05, 3.63) is 0 Å². The van der Waals surface area contributed by atoms with Gasteiger partial charge in [0.15, 0.2) is 0 Å². The first-order chi connectivity index (χ1) is 5.38. The van der Waals surface area contributed by atoms with Crippen molar-refractivity contribution in [2.45, 2.75) is 13.0 Å². The maximum Gasteiger partial charge on any atom is 0.0644 e. The Balaban J connectivity index is 2.31. The fraction of sp³-hybridized carbons (Fsp3) is 1.00. The van der Waals surface area contributed by atoms with Crippen LogP contribution in [0.3, 0.4) is 0 Å². The quantitative estimate of drug-likeness (QED) is 0.593. The molecule has 0 saturated carbocycles. The number of morpholine rings is 1. The fourth-order valence-corrected chi connectivity index (χ4v) is 1.45. The van der Waals surface area contributed by atoms with Gasteiger partial charge in [-0.25, -0.2) is 0 Å². The van der Waals surface area contributed by atoms with Crippen LogP contribution in [0, 0.1) is 0 Å². The fourth-order valence-electron chi connectivity index (χ4n) is 1.45. The molecule has 3 heteroatoms. The lowest BCUT2D eigenvalue weighted by atomic mass is 10.2. The summed E-state index contributed by atoms with van der Waals surface area (Å²) in [6, 6.07) is 0.471. The number of rotatable bonds is 3. The Labute approximate surface area is 68.3 Å². The molecular weight excluding hydrogens is 142 g/mol. The molecule has 3 nitrogen and oxygen atoms in total. The summed E-state index contributed by atoms with van der Waals surface area (Å²) in [5.41, 5.74) is 0. The molecule has 0 amide bonds. The van der Waals surface area contributed by atoms with Crippen molar-refractivity contribution in [2.75, 3.05) is 40.0 Å². The number of hydrogen-bond donors (Lipinski definition) is 0. The maximum atomic E-state index is 5.35. The van der Waals surface area contributed by atoms with Gasteiger partial charge in [-0.2, -0.15) is 0 Å². The van der Waals surface area contributed by atoms with Gasteiger partial charge in [0.05, 0.1) is 25.9 Å². The van der Waals surface area contributed by atoms with E-state index in [0.29, 0.717) is 6.04 Å². The average Bonchev–Trinajstić information content (AvgIpc) is 2.06. The molecule has 1 unspecified atom stereocenters. The Morgan fingerprint density at radius 3 is 3.09 bits per heavy atom. The zero-order chi connectivity index (χ0) is 8.10. The molecule has 0 bridgehead atoms. The second kappa shape index (κ2) is 4.70. The lowest BCUT2D eigenvalue weighted by Crippen LogP contribution is -2.47. The highest BCUT2D eigenvalue weighted by Gasteiger charge is 2.20. The van der Waals surface area contributed by atoms with Crippen molar-refractivity contribution in [1.29, 1.82) is 0 Å². The molecule has 1 rings (SSSR count). The summed E-state index contributed by atoms with van der Waals surface area (Å²) in [4.78, 5) is 2.40. The van der Waals surface area contributed by atoms with Gasteiger partial charge in [-0.1, -0.05) is 6.92 Å². The number of likely N-dealkylation sites (N-methyl/N-ethyl adjacent to an activating group) is 1. The first-order valence-electron chi connectivity index (χ1n) is 4.19. The van der Waals surface area contributed by atoms with Crippen LogP contribution in [0.25, 0.3) is 0 Å². The third kappa shape index (κ3) is 2.43. The Morgan fingerprint density at radius 1 is 1.64 bits per heavy atom. The average molecular weight is 159 g/mol. The van der Waals surface area contributed by atoms with E-state index in [1.807, 2.05) is 0 Å². The van der Waals surface area contributed by atoms with Gasteiger partial charge in [0.25, 0.3) is 0 Å². The van der Waals surface area contributed by atoms with Gasteiger partial charge in [0.2, 0.25) is 0 Å². The van der Waals surface area contributed by atoms with Crippen molar-refractivity contribution >= 4 is 0 Å². The number of nitrogens with zero attached hydrogens (tertiary/aromatic N) is 1. The van der Waals surface area contributed by atoms with Gasteiger partial charge in [0.1, 0.15) is 0 Å². The predicted molar refractivity (Wildman–Crippen MR) is 43.7 cm³/mol. The van der Waals surface area contributed by atoms with Crippen molar-refractivity contribution < 1.29 is 9.47 Å². The summed E-state index contributed by atoms with van der Waals surface area (Å²) in [7, 11) is 1.74. The monoisotopic (exact) mass is 159 g/mol. The minimum absolute atomic E-state index is 0.471. The number of methoxy groups -OCH3 is 1. The summed E-state index contributed by atoms with van der Waals surface area (Å²) in [5, 5.41) is 0. The molecule has 0 aliphatic carbocycles. The molecule has 66 valence electrons. The Hall–Kier alpha value is -0.120. The van der Waals surface area contributed by atoms with E-state index in [-0.39, 0.29) is 0 Å². The lowest BCUT2D eigenvalue weighted by Gasteiger charge is -2.34. The van der Waals surface area contributed by atoms with E-state index < -0.39 is 0 Å². The van der Waals surface area contributed by atoms with E-state index in [1.165, 1.54) is 0 Å². The van der Waals surface area contributed by atoms with E-state index in [2.05, 4.69) is 11.8 Å². The third-order valence-electron chi connectivity index (χ3n) is 2.11. The van der Waals surface area contributed by atoms with E-state index in [4.69, 9.17) is 9.47 Å². The summed E-state index contributed by atoms with van der Waals surface area (Å²) < 4.78 is 10.4. The highest BCUT2D eigenvalue weighted by molar-refractivity contribution is 4.73. The third-order valence-corrected chi connectivity index (χ3v) is 2.11. The molecule has 0 spiro atoms. The highest BCUT2D eigenvalue weighted by Crippen LogP contribution is 2.05. The number of ether oxygens (including phenoxy) is 2. The molecule has 0 aromatic heterocycles. The second-order valence-corrected chi connectivity index (χ2v) is 2.81. The maximum absolute atomic E-state index is 5.35. The van der Waals surface area contributed by atoms with Gasteiger partial charge in [-0.3, -0.25) is 4.90 Å². The van der Waals surface area contributed by atoms with E-state index >= 15 is 0 Å². The second-order valence-electron chi connectivity index (χ2n) is 2.81. The molecule has 1 fully saturated rings. The molecule has 11 heavy (non-hydrogen) atoms. The largest absolute Gasteiger partial charge is 0.383 e. The zero-order valence-corrected chi connectivity index (χ0v) is 7.38.